The molecule has 0 aliphatic heterocycles. The van der Waals surface area contributed by atoms with Crippen molar-refractivity contribution in [3.05, 3.63) is 23.3 Å². The zero-order valence-corrected chi connectivity index (χ0v) is 14.5. The van der Waals surface area contributed by atoms with E-state index in [9.17, 15) is 19.8 Å². The molecule has 0 spiro atoms. The van der Waals surface area contributed by atoms with E-state index in [1.165, 1.54) is 0 Å². The van der Waals surface area contributed by atoms with Crippen LogP contribution in [0.4, 0.5) is 0 Å². The molecule has 0 radical (unpaired) electrons. The van der Waals surface area contributed by atoms with E-state index in [1.807, 2.05) is 27.7 Å². The minimum Gasteiger partial charge on any atom is -0.545 e. The smallest absolute Gasteiger partial charge is 0.545 e. The summed E-state index contributed by atoms with van der Waals surface area (Å²) in [5.41, 5.74) is 0.837. The SMILES string of the molecule is CCC/C=C(\CC)C(=O)[O-].CCC/C=C(\CC)C(=O)[O-].[Fe+2]. The van der Waals surface area contributed by atoms with Gasteiger partial charge < -0.3 is 19.8 Å². The molecule has 122 valence electrons. The third kappa shape index (κ3) is 15.2. The molecule has 0 aliphatic carbocycles. The fourth-order valence-electron chi connectivity index (χ4n) is 1.38. The van der Waals surface area contributed by atoms with E-state index in [2.05, 4.69) is 0 Å². The number of rotatable bonds is 8. The third-order valence-electron chi connectivity index (χ3n) is 2.65. The zero-order valence-electron chi connectivity index (χ0n) is 13.4. The van der Waals surface area contributed by atoms with Gasteiger partial charge in [-0.3, -0.25) is 0 Å². The number of carbonyl (C=O) groups excluding carboxylic acids is 2. The van der Waals surface area contributed by atoms with Crippen molar-refractivity contribution in [2.24, 2.45) is 0 Å². The molecule has 0 fully saturated rings. The maximum atomic E-state index is 10.3. The first-order chi connectivity index (χ1) is 9.44. The van der Waals surface area contributed by atoms with Crippen molar-refractivity contribution in [3.8, 4) is 0 Å². The Kier molecular flexibility index (Phi) is 20.2. The molecule has 0 aromatic carbocycles. The number of allylic oxidation sites excluding steroid dienone is 2. The van der Waals surface area contributed by atoms with E-state index in [-0.39, 0.29) is 17.1 Å². The van der Waals surface area contributed by atoms with Gasteiger partial charge in [0.25, 0.3) is 0 Å². The fourth-order valence-corrected chi connectivity index (χ4v) is 1.38. The van der Waals surface area contributed by atoms with Crippen LogP contribution in [0.15, 0.2) is 23.3 Å². The summed E-state index contributed by atoms with van der Waals surface area (Å²) in [5.74, 6) is -2.06. The molecule has 0 aromatic heterocycles. The standard InChI is InChI=1S/2C8H14O2.Fe/c2*1-3-5-6-7(4-2)8(9)10;/h2*6H,3-5H2,1-2H3,(H,9,10);/q;;+2/p-2/b2*7-6+;. The molecule has 5 heteroatoms. The van der Waals surface area contributed by atoms with Gasteiger partial charge in [-0.25, -0.2) is 0 Å². The van der Waals surface area contributed by atoms with Gasteiger partial charge in [-0.15, -0.1) is 0 Å². The number of aliphatic carboxylic acids is 2. The molecule has 0 unspecified atom stereocenters. The Morgan fingerprint density at radius 2 is 1.05 bits per heavy atom. The fraction of sp³-hybridized carbons (Fsp3) is 0.625. The van der Waals surface area contributed by atoms with E-state index in [1.54, 1.807) is 12.2 Å². The van der Waals surface area contributed by atoms with Gasteiger partial charge in [-0.1, -0.05) is 52.7 Å². The van der Waals surface area contributed by atoms with E-state index in [0.29, 0.717) is 24.0 Å². The number of hydrogen-bond donors (Lipinski definition) is 0. The molecule has 0 saturated heterocycles. The van der Waals surface area contributed by atoms with E-state index in [4.69, 9.17) is 0 Å². The van der Waals surface area contributed by atoms with Gasteiger partial charge in [0, 0.05) is 0 Å². The molecule has 0 aliphatic rings. The number of carboxylic acid groups (broad SMARTS) is 2. The topological polar surface area (TPSA) is 80.3 Å². The summed E-state index contributed by atoms with van der Waals surface area (Å²) in [6.07, 6.45) is 8.21. The quantitative estimate of drug-likeness (QED) is 0.499. The third-order valence-corrected chi connectivity index (χ3v) is 2.65. The Morgan fingerprint density at radius 3 is 1.19 bits per heavy atom. The maximum Gasteiger partial charge on any atom is 2.00 e. The predicted molar refractivity (Wildman–Crippen MR) is 76.6 cm³/mol. The Labute approximate surface area is 138 Å². The second-order valence-electron chi connectivity index (χ2n) is 4.32. The van der Waals surface area contributed by atoms with Gasteiger partial charge in [0.15, 0.2) is 0 Å². The molecule has 0 N–H and O–H groups in total. The molecule has 0 bridgehead atoms. The van der Waals surface area contributed by atoms with Gasteiger partial charge in [0.1, 0.15) is 0 Å². The first-order valence-corrected chi connectivity index (χ1v) is 7.25. The van der Waals surface area contributed by atoms with Gasteiger partial charge >= 0.3 is 17.1 Å². The van der Waals surface area contributed by atoms with E-state index >= 15 is 0 Å². The van der Waals surface area contributed by atoms with Crippen LogP contribution in [-0.2, 0) is 26.7 Å². The number of carbonyl (C=O) groups is 2. The molecule has 21 heavy (non-hydrogen) atoms. The maximum absolute atomic E-state index is 10.3. The summed E-state index contributed by atoms with van der Waals surface area (Å²) in [5, 5.41) is 20.5. The Morgan fingerprint density at radius 1 is 0.762 bits per heavy atom. The summed E-state index contributed by atoms with van der Waals surface area (Å²) in [7, 11) is 0. The van der Waals surface area contributed by atoms with Gasteiger partial charge in [-0.2, -0.15) is 0 Å². The van der Waals surface area contributed by atoms with Crippen molar-refractivity contribution in [3.63, 3.8) is 0 Å². The first-order valence-electron chi connectivity index (χ1n) is 7.25. The summed E-state index contributed by atoms with van der Waals surface area (Å²) in [6, 6.07) is 0. The van der Waals surface area contributed by atoms with Crippen LogP contribution in [0.25, 0.3) is 0 Å². The molecule has 0 atom stereocenters. The van der Waals surface area contributed by atoms with Crippen LogP contribution >= 0.6 is 0 Å². The molecule has 0 rings (SSSR count). The summed E-state index contributed by atoms with van der Waals surface area (Å²) >= 11 is 0. The summed E-state index contributed by atoms with van der Waals surface area (Å²) in [4.78, 5) is 20.5. The average Bonchev–Trinajstić information content (AvgIpc) is 2.40. The molecular formula is C16H26FeO4. The Balaban J connectivity index is -0.000000295. The largest absolute Gasteiger partial charge is 2.00 e. The molecular weight excluding hydrogens is 312 g/mol. The van der Waals surface area contributed by atoms with Crippen molar-refractivity contribution < 1.29 is 36.9 Å². The monoisotopic (exact) mass is 338 g/mol. The van der Waals surface area contributed by atoms with E-state index < -0.39 is 11.9 Å². The number of unbranched alkanes of at least 4 members (excludes halogenated alkanes) is 2. The number of carboxylic acids is 2. The molecule has 0 heterocycles. The van der Waals surface area contributed by atoms with E-state index in [0.717, 1.165) is 25.7 Å². The van der Waals surface area contributed by atoms with Crippen LogP contribution in [0.2, 0.25) is 0 Å². The van der Waals surface area contributed by atoms with Crippen molar-refractivity contribution >= 4 is 11.9 Å². The molecule has 0 saturated carbocycles. The van der Waals surface area contributed by atoms with Crippen LogP contribution in [-0.4, -0.2) is 11.9 Å². The molecule has 0 amide bonds. The van der Waals surface area contributed by atoms with Gasteiger partial charge in [0.05, 0.1) is 11.9 Å². The minimum atomic E-state index is -1.03. The van der Waals surface area contributed by atoms with Crippen molar-refractivity contribution in [2.45, 2.75) is 66.2 Å². The van der Waals surface area contributed by atoms with Crippen LogP contribution in [0, 0.1) is 0 Å². The molecule has 4 nitrogen and oxygen atoms in total. The van der Waals surface area contributed by atoms with Crippen molar-refractivity contribution in [2.75, 3.05) is 0 Å². The normalized spacial score (nSPS) is 11.0. The van der Waals surface area contributed by atoms with Crippen LogP contribution in [0.1, 0.15) is 66.2 Å². The number of hydrogen-bond acceptors (Lipinski definition) is 4. The molecule has 0 aromatic rings. The average molecular weight is 338 g/mol. The van der Waals surface area contributed by atoms with Gasteiger partial charge in [0.2, 0.25) is 0 Å². The first kappa shape index (κ1) is 24.9. The summed E-state index contributed by atoms with van der Waals surface area (Å²) < 4.78 is 0. The summed E-state index contributed by atoms with van der Waals surface area (Å²) in [6.45, 7) is 7.66. The van der Waals surface area contributed by atoms with Crippen LogP contribution in [0.5, 0.6) is 0 Å². The van der Waals surface area contributed by atoms with Crippen molar-refractivity contribution in [1.82, 2.24) is 0 Å². The van der Waals surface area contributed by atoms with Gasteiger partial charge in [-0.05, 0) is 36.8 Å². The second-order valence-corrected chi connectivity index (χ2v) is 4.32. The van der Waals surface area contributed by atoms with Crippen LogP contribution in [0.3, 0.4) is 0 Å². The zero-order chi connectivity index (χ0) is 16.0. The van der Waals surface area contributed by atoms with Crippen LogP contribution < -0.4 is 10.2 Å². The Hall–Kier alpha value is -1.06. The second kappa shape index (κ2) is 17.0. The minimum absolute atomic E-state index is 0. The Bertz CT molecular complexity index is 312. The van der Waals surface area contributed by atoms with Crippen molar-refractivity contribution in [1.29, 1.82) is 0 Å². The predicted octanol–water partition coefficient (Wildman–Crippen LogP) is 1.74.